The molecule has 1 aliphatic heterocycles. The van der Waals surface area contributed by atoms with Crippen LogP contribution in [0.25, 0.3) is 11.2 Å². The van der Waals surface area contributed by atoms with Crippen LogP contribution >= 0.6 is 0 Å². The summed E-state index contributed by atoms with van der Waals surface area (Å²) in [6.07, 6.45) is 1.49. The minimum absolute atomic E-state index is 0.0139. The van der Waals surface area contributed by atoms with Gasteiger partial charge in [-0.1, -0.05) is 13.8 Å². The number of carbonyl (C=O) groups is 1. The maximum atomic E-state index is 12.2. The van der Waals surface area contributed by atoms with Gasteiger partial charge in [-0.3, -0.25) is 28.6 Å². The standard InChI is InChI=1S/C14H20N6O6S/c1-7(2)12(21)18-14-17-11-10(13(22)19-14)16-6-20(11)9-4-3-8(26-9)5-25-27(15,23)24/h6-9H,3-5H2,1-2H3,(H2,15,23,24)(H2,17,18,19,21,22)/t8-,9+/m0/s1. The van der Waals surface area contributed by atoms with Crippen molar-refractivity contribution in [3.8, 4) is 0 Å². The SMILES string of the molecule is CC(C)C(=O)Nc1nc2c(ncn2[C@H]2CC[C@@H](COS(N)(=O)=O)O2)c(=O)[nH]1. The highest BCUT2D eigenvalue weighted by molar-refractivity contribution is 7.84. The molecule has 0 unspecified atom stereocenters. The predicted octanol–water partition coefficient (Wildman–Crippen LogP) is -0.388. The van der Waals surface area contributed by atoms with Crippen LogP contribution in [0.15, 0.2) is 11.1 Å². The van der Waals surface area contributed by atoms with Gasteiger partial charge in [0.25, 0.3) is 5.56 Å². The third-order valence-electron chi connectivity index (χ3n) is 4.01. The third kappa shape index (κ3) is 4.50. The number of aromatic nitrogens is 4. The topological polar surface area (TPSA) is 171 Å². The molecule has 0 spiro atoms. The van der Waals surface area contributed by atoms with Crippen LogP contribution in [0.5, 0.6) is 0 Å². The zero-order valence-corrected chi connectivity index (χ0v) is 15.5. The van der Waals surface area contributed by atoms with Gasteiger partial charge in [0.1, 0.15) is 6.23 Å². The van der Waals surface area contributed by atoms with E-state index in [-0.39, 0.29) is 35.5 Å². The predicted molar refractivity (Wildman–Crippen MR) is 93.8 cm³/mol. The average molecular weight is 400 g/mol. The number of nitrogens with one attached hydrogen (secondary N) is 2. The van der Waals surface area contributed by atoms with Crippen molar-refractivity contribution in [2.45, 2.75) is 39.0 Å². The molecule has 148 valence electrons. The first-order valence-electron chi connectivity index (χ1n) is 8.24. The number of H-pyrrole nitrogens is 1. The van der Waals surface area contributed by atoms with Gasteiger partial charge in [0.05, 0.1) is 19.0 Å². The molecule has 3 heterocycles. The number of nitrogens with two attached hydrogens (primary N) is 1. The van der Waals surface area contributed by atoms with Crippen LogP contribution in [0.4, 0.5) is 5.95 Å². The maximum absolute atomic E-state index is 12.2. The van der Waals surface area contributed by atoms with Crippen molar-refractivity contribution in [3.63, 3.8) is 0 Å². The monoisotopic (exact) mass is 400 g/mol. The van der Waals surface area contributed by atoms with E-state index in [1.54, 1.807) is 18.4 Å². The van der Waals surface area contributed by atoms with E-state index in [0.717, 1.165) is 0 Å². The second-order valence-electron chi connectivity index (χ2n) is 6.45. The van der Waals surface area contributed by atoms with E-state index in [1.807, 2.05) is 0 Å². The highest BCUT2D eigenvalue weighted by Gasteiger charge is 2.29. The second-order valence-corrected chi connectivity index (χ2v) is 7.67. The van der Waals surface area contributed by atoms with Gasteiger partial charge in [0.15, 0.2) is 11.2 Å². The van der Waals surface area contributed by atoms with Crippen LogP contribution in [-0.2, 0) is 24.0 Å². The lowest BCUT2D eigenvalue weighted by Gasteiger charge is -2.15. The molecule has 12 nitrogen and oxygen atoms in total. The molecular formula is C14H20N6O6S. The fraction of sp³-hybridized carbons (Fsp3) is 0.571. The van der Waals surface area contributed by atoms with Gasteiger partial charge in [-0.25, -0.2) is 10.1 Å². The summed E-state index contributed by atoms with van der Waals surface area (Å²) in [6, 6.07) is 0. The number of rotatable bonds is 6. The average Bonchev–Trinajstić information content (AvgIpc) is 3.18. The molecule has 1 aliphatic rings. The Morgan fingerprint density at radius 1 is 1.52 bits per heavy atom. The zero-order chi connectivity index (χ0) is 19.8. The molecule has 0 radical (unpaired) electrons. The van der Waals surface area contributed by atoms with Crippen molar-refractivity contribution < 1.29 is 22.1 Å². The van der Waals surface area contributed by atoms with E-state index in [4.69, 9.17) is 9.88 Å². The van der Waals surface area contributed by atoms with Gasteiger partial charge in [-0.15, -0.1) is 0 Å². The fourth-order valence-electron chi connectivity index (χ4n) is 2.64. The van der Waals surface area contributed by atoms with Crippen LogP contribution in [0.2, 0.25) is 0 Å². The van der Waals surface area contributed by atoms with Crippen molar-refractivity contribution in [2.24, 2.45) is 11.1 Å². The summed E-state index contributed by atoms with van der Waals surface area (Å²) in [7, 11) is -4.04. The summed E-state index contributed by atoms with van der Waals surface area (Å²) in [5.74, 6) is -0.561. The van der Waals surface area contributed by atoms with Crippen LogP contribution in [0.3, 0.4) is 0 Å². The molecule has 0 aromatic carbocycles. The summed E-state index contributed by atoms with van der Waals surface area (Å²) in [5, 5.41) is 7.35. The number of aromatic amines is 1. The Hall–Kier alpha value is -2.35. The molecule has 13 heteroatoms. The van der Waals surface area contributed by atoms with Crippen LogP contribution in [-0.4, -0.2) is 46.6 Å². The fourth-order valence-corrected chi connectivity index (χ4v) is 2.98. The van der Waals surface area contributed by atoms with Gasteiger partial charge in [-0.05, 0) is 12.8 Å². The van der Waals surface area contributed by atoms with E-state index in [2.05, 4.69) is 24.5 Å². The van der Waals surface area contributed by atoms with E-state index < -0.39 is 28.2 Å². The van der Waals surface area contributed by atoms with Gasteiger partial charge >= 0.3 is 10.3 Å². The molecular weight excluding hydrogens is 380 g/mol. The van der Waals surface area contributed by atoms with Gasteiger partial charge in [0, 0.05) is 5.92 Å². The zero-order valence-electron chi connectivity index (χ0n) is 14.7. The molecule has 3 rings (SSSR count). The van der Waals surface area contributed by atoms with Crippen molar-refractivity contribution in [1.82, 2.24) is 19.5 Å². The smallest absolute Gasteiger partial charge is 0.333 e. The Morgan fingerprint density at radius 3 is 2.93 bits per heavy atom. The van der Waals surface area contributed by atoms with E-state index in [0.29, 0.717) is 12.8 Å². The molecule has 2 aromatic rings. The van der Waals surface area contributed by atoms with Gasteiger partial charge in [0.2, 0.25) is 11.9 Å². The lowest BCUT2D eigenvalue weighted by atomic mass is 10.2. The van der Waals surface area contributed by atoms with Crippen molar-refractivity contribution >= 4 is 33.3 Å². The van der Waals surface area contributed by atoms with Crippen LogP contribution in [0.1, 0.15) is 32.9 Å². The van der Waals surface area contributed by atoms with E-state index in [1.165, 1.54) is 6.33 Å². The van der Waals surface area contributed by atoms with Gasteiger partial charge in [-0.2, -0.15) is 13.4 Å². The molecule has 2 aromatic heterocycles. The Morgan fingerprint density at radius 2 is 2.26 bits per heavy atom. The lowest BCUT2D eigenvalue weighted by Crippen LogP contribution is -2.24. The van der Waals surface area contributed by atoms with E-state index >= 15 is 0 Å². The largest absolute Gasteiger partial charge is 0.352 e. The first-order chi connectivity index (χ1) is 12.6. The molecule has 0 bridgehead atoms. The summed E-state index contributed by atoms with van der Waals surface area (Å²) in [6.45, 7) is 3.23. The summed E-state index contributed by atoms with van der Waals surface area (Å²) in [4.78, 5) is 34.8. The Balaban J connectivity index is 1.82. The maximum Gasteiger partial charge on any atom is 0.333 e. The molecule has 1 fully saturated rings. The molecule has 4 N–H and O–H groups in total. The highest BCUT2D eigenvalue weighted by Crippen LogP contribution is 2.30. The second kappa shape index (κ2) is 7.34. The minimum atomic E-state index is -4.04. The lowest BCUT2D eigenvalue weighted by molar-refractivity contribution is -0.118. The number of ether oxygens (including phenoxy) is 1. The van der Waals surface area contributed by atoms with Crippen LogP contribution in [0, 0.1) is 5.92 Å². The highest BCUT2D eigenvalue weighted by atomic mass is 32.2. The number of hydrogen-bond donors (Lipinski definition) is 3. The first kappa shape index (κ1) is 19.4. The Labute approximate surface area is 154 Å². The quantitative estimate of drug-likeness (QED) is 0.588. The van der Waals surface area contributed by atoms with Crippen molar-refractivity contribution in [2.75, 3.05) is 11.9 Å². The Kier molecular flexibility index (Phi) is 5.28. The number of nitrogens with zero attached hydrogens (tertiary/aromatic N) is 3. The summed E-state index contributed by atoms with van der Waals surface area (Å²) < 4.78 is 33.6. The molecule has 0 saturated carbocycles. The molecule has 1 saturated heterocycles. The van der Waals surface area contributed by atoms with Crippen LogP contribution < -0.4 is 16.0 Å². The third-order valence-corrected chi connectivity index (χ3v) is 4.48. The number of imidazole rings is 1. The van der Waals surface area contributed by atoms with Gasteiger partial charge < -0.3 is 4.74 Å². The number of amides is 1. The molecule has 27 heavy (non-hydrogen) atoms. The van der Waals surface area contributed by atoms with E-state index in [9.17, 15) is 18.0 Å². The number of fused-ring (bicyclic) bond motifs is 1. The number of anilines is 1. The normalized spacial score (nSPS) is 20.4. The minimum Gasteiger partial charge on any atom is -0.352 e. The van der Waals surface area contributed by atoms with Crippen molar-refractivity contribution in [1.29, 1.82) is 0 Å². The Bertz CT molecular complexity index is 1010. The molecule has 1 amide bonds. The molecule has 0 aliphatic carbocycles. The summed E-state index contributed by atoms with van der Waals surface area (Å²) >= 11 is 0. The van der Waals surface area contributed by atoms with Crippen molar-refractivity contribution in [3.05, 3.63) is 16.7 Å². The molecule has 2 atom stereocenters. The summed E-state index contributed by atoms with van der Waals surface area (Å²) in [5.41, 5.74) is -0.147. The first-order valence-corrected chi connectivity index (χ1v) is 9.71. The number of carbonyl (C=O) groups excluding carboxylic acids is 1. The number of hydrogen-bond acceptors (Lipinski definition) is 8.